The van der Waals surface area contributed by atoms with E-state index >= 15 is 0 Å². The van der Waals surface area contributed by atoms with Crippen LogP contribution in [0, 0.1) is 0 Å². The molecule has 0 unspecified atom stereocenters. The molecule has 1 heterocycles. The van der Waals surface area contributed by atoms with Crippen molar-refractivity contribution in [1.82, 2.24) is 4.90 Å². The largest absolute Gasteiger partial charge is 1.00 e. The van der Waals surface area contributed by atoms with Gasteiger partial charge in [0, 0.05) is 31.9 Å². The van der Waals surface area contributed by atoms with Crippen LogP contribution >= 0.6 is 24.8 Å². The van der Waals surface area contributed by atoms with Gasteiger partial charge in [0.05, 0.1) is 0 Å². The van der Waals surface area contributed by atoms with Crippen molar-refractivity contribution in [2.45, 2.75) is 40.0 Å². The van der Waals surface area contributed by atoms with Crippen LogP contribution in [-0.4, -0.2) is 35.4 Å². The van der Waals surface area contributed by atoms with Crippen molar-refractivity contribution in [3.63, 3.8) is 0 Å². The second-order valence-corrected chi connectivity index (χ2v) is 6.69. The molecule has 0 saturated carbocycles. The average Bonchev–Trinajstić information content (AvgIpc) is 2.53. The smallest absolute Gasteiger partial charge is 1.00 e. The summed E-state index contributed by atoms with van der Waals surface area (Å²) in [4.78, 5) is 4.73. The molecule has 0 atom stereocenters. The van der Waals surface area contributed by atoms with E-state index in [1.165, 1.54) is 22.4 Å². The quantitative estimate of drug-likeness (QED) is 0.482. The molecule has 1 fully saturated rings. The summed E-state index contributed by atoms with van der Waals surface area (Å²) in [5.74, 6) is 0. The minimum Gasteiger partial charge on any atom is -1.00 e. The van der Waals surface area contributed by atoms with Crippen molar-refractivity contribution in [2.75, 3.05) is 31.1 Å². The van der Waals surface area contributed by atoms with Crippen LogP contribution < -0.4 is 56.3 Å². The van der Waals surface area contributed by atoms with Gasteiger partial charge in [-0.1, -0.05) is 45.1 Å². The summed E-state index contributed by atoms with van der Waals surface area (Å²) in [6.07, 6.45) is 3.31. The van der Waals surface area contributed by atoms with E-state index in [0.29, 0.717) is 0 Å². The van der Waals surface area contributed by atoms with Crippen LogP contribution in [0.4, 0.5) is 5.69 Å². The number of anilines is 1. The Labute approximate surface area is 190 Å². The van der Waals surface area contributed by atoms with E-state index in [0.717, 1.165) is 49.8 Å². The molecule has 1 aromatic carbocycles. The van der Waals surface area contributed by atoms with E-state index < -0.39 is 0 Å². The summed E-state index contributed by atoms with van der Waals surface area (Å²) in [7, 11) is 0. The van der Waals surface area contributed by atoms with Crippen LogP contribution in [0.2, 0.25) is 0 Å². The topological polar surface area (TPSA) is 6.48 Å². The summed E-state index contributed by atoms with van der Waals surface area (Å²) in [6.45, 7) is 10.8. The summed E-state index contributed by atoms with van der Waals surface area (Å²) in [5.41, 5.74) is 5.92. The molecule has 1 aliphatic rings. The zero-order valence-electron chi connectivity index (χ0n) is 15.4. The third kappa shape index (κ3) is 4.95. The molecule has 118 valence electrons. The first-order valence-electron chi connectivity index (χ1n) is 7.98. The minimum atomic E-state index is 0. The van der Waals surface area contributed by atoms with Crippen molar-refractivity contribution in [1.29, 1.82) is 0 Å². The Morgan fingerprint density at radius 2 is 1.55 bits per heavy atom. The molecule has 0 bridgehead atoms. The van der Waals surface area contributed by atoms with Crippen molar-refractivity contribution in [3.8, 4) is 0 Å². The number of thiol groups is 1. The van der Waals surface area contributed by atoms with Crippen LogP contribution in [0.15, 0.2) is 12.1 Å². The van der Waals surface area contributed by atoms with Gasteiger partial charge in [-0.3, -0.25) is 0 Å². The Balaban J connectivity index is 0.00000242. The molecule has 5 heteroatoms. The summed E-state index contributed by atoms with van der Waals surface area (Å²) in [6, 6.07) is 4.79. The summed E-state index contributed by atoms with van der Waals surface area (Å²) < 4.78 is 0.724. The van der Waals surface area contributed by atoms with E-state index in [-0.39, 0.29) is 52.8 Å². The van der Waals surface area contributed by atoms with E-state index in [9.17, 15) is 0 Å². The predicted octanol–water partition coefficient (Wildman–Crippen LogP) is 0.827. The molecule has 2 rings (SSSR count). The number of hydrogen-bond donors (Lipinski definition) is 1. The first-order valence-corrected chi connectivity index (χ1v) is 8.83. The van der Waals surface area contributed by atoms with Crippen molar-refractivity contribution >= 4 is 34.9 Å². The normalized spacial score (nSPS) is 14.7. The van der Waals surface area contributed by atoms with Crippen LogP contribution in [0.3, 0.4) is 0 Å². The molecule has 0 aliphatic carbocycles. The van der Waals surface area contributed by atoms with Crippen LogP contribution in [0.25, 0.3) is 0 Å². The maximum Gasteiger partial charge on any atom is 1.00 e. The first-order chi connectivity index (χ1) is 10.1. The van der Waals surface area contributed by atoms with Gasteiger partial charge >= 0.3 is 51.4 Å². The molecule has 1 saturated heterocycles. The molecule has 1 aromatic rings. The van der Waals surface area contributed by atoms with E-state index in [2.05, 4.69) is 55.3 Å². The molecular formula is C17H27KN2S2. The van der Waals surface area contributed by atoms with Crippen LogP contribution in [0.1, 0.15) is 38.9 Å². The van der Waals surface area contributed by atoms with Gasteiger partial charge in [0.15, 0.2) is 0 Å². The minimum absolute atomic E-state index is 0. The summed E-state index contributed by atoms with van der Waals surface area (Å²) >= 11 is 9.47. The Kier molecular flexibility index (Phi) is 9.53. The third-order valence-electron chi connectivity index (χ3n) is 4.36. The maximum atomic E-state index is 5.17. The van der Waals surface area contributed by atoms with Gasteiger partial charge in [-0.15, -0.1) is 12.6 Å². The monoisotopic (exact) mass is 362 g/mol. The van der Waals surface area contributed by atoms with Crippen molar-refractivity contribution in [3.05, 3.63) is 28.8 Å². The number of rotatable bonds is 4. The zero-order valence-corrected chi connectivity index (χ0v) is 19.2. The number of nitrogens with zero attached hydrogens (tertiary/aromatic N) is 2. The Bertz CT molecular complexity index is 492. The van der Waals surface area contributed by atoms with Gasteiger partial charge in [-0.2, -0.15) is 0 Å². The van der Waals surface area contributed by atoms with E-state index in [1.54, 1.807) is 0 Å². The van der Waals surface area contributed by atoms with E-state index in [4.69, 9.17) is 12.2 Å². The fourth-order valence-electron chi connectivity index (χ4n) is 3.10. The number of aryl methyl sites for hydroxylation is 3. The Morgan fingerprint density at radius 1 is 1.05 bits per heavy atom. The number of benzene rings is 1. The molecular weight excluding hydrogens is 335 g/mol. The van der Waals surface area contributed by atoms with E-state index in [1.807, 2.05) is 0 Å². The predicted molar refractivity (Wildman–Crippen MR) is 101 cm³/mol. The van der Waals surface area contributed by atoms with Gasteiger partial charge in [0.1, 0.15) is 4.32 Å². The van der Waals surface area contributed by atoms with Gasteiger partial charge in [0.25, 0.3) is 0 Å². The Morgan fingerprint density at radius 3 is 1.91 bits per heavy atom. The molecule has 0 spiro atoms. The number of hydrogen-bond acceptors (Lipinski definition) is 2. The first kappa shape index (κ1) is 20.9. The molecule has 1 aliphatic heterocycles. The molecule has 0 amide bonds. The van der Waals surface area contributed by atoms with Crippen LogP contribution in [0.5, 0.6) is 0 Å². The zero-order chi connectivity index (χ0) is 15.4. The van der Waals surface area contributed by atoms with Crippen molar-refractivity contribution in [2.24, 2.45) is 0 Å². The maximum absolute atomic E-state index is 5.17. The summed E-state index contributed by atoms with van der Waals surface area (Å²) in [5, 5.41) is 0. The number of piperazine rings is 1. The van der Waals surface area contributed by atoms with Gasteiger partial charge in [0.2, 0.25) is 0 Å². The molecule has 0 N–H and O–H groups in total. The van der Waals surface area contributed by atoms with Crippen LogP contribution in [-0.2, 0) is 19.3 Å². The fraction of sp³-hybridized carbons (Fsp3) is 0.588. The SMILES string of the molecule is CCc1cc(CC)c(N2CCN(C(=S)S)CC2)c(CC)c1.[H-].[K+]. The molecule has 2 nitrogen and oxygen atoms in total. The third-order valence-corrected chi connectivity index (χ3v) is 4.91. The molecule has 0 radical (unpaired) electrons. The number of thiocarbonyl (C=S) groups is 1. The molecule has 0 aromatic heterocycles. The van der Waals surface area contributed by atoms with Crippen molar-refractivity contribution < 1.29 is 52.8 Å². The standard InChI is InChI=1S/C17H26N2S2.K.H/c1-4-13-11-14(5-2)16(15(6-3)12-13)18-7-9-19(10-8-18)17(20)21;;/h11-12H,4-10H2,1-3H3,(H,20,21);;/q;+1;-1. The second-order valence-electron chi connectivity index (χ2n) is 5.58. The fourth-order valence-corrected chi connectivity index (χ4v) is 3.49. The van der Waals surface area contributed by atoms with Gasteiger partial charge in [-0.25, -0.2) is 0 Å². The van der Waals surface area contributed by atoms with Gasteiger partial charge in [-0.05, 0) is 36.0 Å². The second kappa shape index (κ2) is 10.0. The average molecular weight is 363 g/mol. The molecule has 22 heavy (non-hydrogen) atoms. The van der Waals surface area contributed by atoms with Gasteiger partial charge < -0.3 is 11.2 Å². The Hall–Kier alpha value is 0.896.